The lowest BCUT2D eigenvalue weighted by Gasteiger charge is -2.07. The Kier molecular flexibility index (Phi) is 4.33. The Morgan fingerprint density at radius 2 is 1.78 bits per heavy atom. The highest BCUT2D eigenvalue weighted by Gasteiger charge is 2.12. The smallest absolute Gasteiger partial charge is 0.251 e. The quantitative estimate of drug-likeness (QED) is 0.602. The number of fused-ring (bicyclic) bond motifs is 1. The molecule has 2 aromatic heterocycles. The van der Waals surface area contributed by atoms with E-state index in [4.69, 9.17) is 0 Å². The van der Waals surface area contributed by atoms with E-state index >= 15 is 0 Å². The number of hydrogen-bond acceptors (Lipinski definition) is 3. The molecule has 0 aliphatic carbocycles. The van der Waals surface area contributed by atoms with Gasteiger partial charge >= 0.3 is 0 Å². The highest BCUT2D eigenvalue weighted by Crippen LogP contribution is 2.19. The second-order valence-corrected chi connectivity index (χ2v) is 5.95. The molecular weight excluding hydrogens is 350 g/mol. The van der Waals surface area contributed by atoms with Crippen molar-refractivity contribution < 1.29 is 13.6 Å². The van der Waals surface area contributed by atoms with Crippen molar-refractivity contribution in [1.29, 1.82) is 0 Å². The molecule has 2 aromatic carbocycles. The van der Waals surface area contributed by atoms with E-state index < -0.39 is 0 Å². The molecule has 0 saturated carbocycles. The molecule has 0 unspecified atom stereocenters. The molecule has 0 bridgehead atoms. The average molecular weight is 364 g/mol. The maximum atomic E-state index is 13.6. The van der Waals surface area contributed by atoms with Crippen LogP contribution in [-0.2, 0) is 6.54 Å². The monoisotopic (exact) mass is 364 g/mol. The Balaban J connectivity index is 1.56. The van der Waals surface area contributed by atoms with Gasteiger partial charge in [-0.25, -0.2) is 8.78 Å². The maximum absolute atomic E-state index is 13.6. The van der Waals surface area contributed by atoms with Crippen LogP contribution >= 0.6 is 0 Å². The third kappa shape index (κ3) is 3.39. The molecule has 1 amide bonds. The summed E-state index contributed by atoms with van der Waals surface area (Å²) in [7, 11) is 0. The van der Waals surface area contributed by atoms with E-state index in [1.807, 2.05) is 0 Å². The highest BCUT2D eigenvalue weighted by molar-refractivity contribution is 5.95. The van der Waals surface area contributed by atoms with Gasteiger partial charge in [0.2, 0.25) is 0 Å². The van der Waals surface area contributed by atoms with E-state index in [9.17, 15) is 13.6 Å². The van der Waals surface area contributed by atoms with Gasteiger partial charge in [-0.15, -0.1) is 10.2 Å². The van der Waals surface area contributed by atoms with Crippen molar-refractivity contribution in [2.24, 2.45) is 0 Å². The number of halogens is 2. The molecule has 4 rings (SSSR count). The van der Waals surface area contributed by atoms with Gasteiger partial charge in [-0.1, -0.05) is 18.2 Å². The van der Waals surface area contributed by atoms with Crippen molar-refractivity contribution in [2.75, 3.05) is 0 Å². The summed E-state index contributed by atoms with van der Waals surface area (Å²) in [5.41, 5.74) is 1.98. The largest absolute Gasteiger partial charge is 0.348 e. The Morgan fingerprint density at radius 3 is 2.56 bits per heavy atom. The summed E-state index contributed by atoms with van der Waals surface area (Å²) in [6.07, 6.45) is 1.67. The second kappa shape index (κ2) is 6.95. The average Bonchev–Trinajstić information content (AvgIpc) is 3.11. The van der Waals surface area contributed by atoms with Crippen LogP contribution in [0.2, 0.25) is 0 Å². The Labute approximate surface area is 153 Å². The molecule has 27 heavy (non-hydrogen) atoms. The standard InChI is InChI=1S/C20H14F2N4O/c21-16-7-5-13(6-8-16)19-25-24-18-11-14(9-10-26(18)19)20(27)23-12-15-3-1-2-4-17(15)22/h1-11H,12H2,(H,23,27). The SMILES string of the molecule is O=C(NCc1ccccc1F)c1ccn2c(-c3ccc(F)cc3)nnc2c1. The molecular formula is C20H14F2N4O. The van der Waals surface area contributed by atoms with Crippen LogP contribution in [0.5, 0.6) is 0 Å². The fourth-order valence-electron chi connectivity index (χ4n) is 2.75. The first-order valence-corrected chi connectivity index (χ1v) is 8.24. The topological polar surface area (TPSA) is 59.3 Å². The molecule has 2 heterocycles. The zero-order chi connectivity index (χ0) is 18.8. The molecule has 5 nitrogen and oxygen atoms in total. The van der Waals surface area contributed by atoms with Crippen LogP contribution < -0.4 is 5.32 Å². The molecule has 0 saturated heterocycles. The molecule has 0 atom stereocenters. The molecule has 0 spiro atoms. The number of benzene rings is 2. The first-order valence-electron chi connectivity index (χ1n) is 8.24. The molecule has 134 valence electrons. The van der Waals surface area contributed by atoms with Crippen LogP contribution in [0.25, 0.3) is 17.0 Å². The normalized spacial score (nSPS) is 10.9. The van der Waals surface area contributed by atoms with Crippen LogP contribution in [0.15, 0.2) is 66.9 Å². The first-order chi connectivity index (χ1) is 13.1. The van der Waals surface area contributed by atoms with Crippen molar-refractivity contribution in [2.45, 2.75) is 6.54 Å². The summed E-state index contributed by atoms with van der Waals surface area (Å²) < 4.78 is 28.4. The zero-order valence-electron chi connectivity index (χ0n) is 14.1. The summed E-state index contributed by atoms with van der Waals surface area (Å²) in [5, 5.41) is 10.9. The minimum absolute atomic E-state index is 0.0875. The van der Waals surface area contributed by atoms with Crippen LogP contribution in [0, 0.1) is 11.6 Å². The van der Waals surface area contributed by atoms with Gasteiger partial charge in [0, 0.05) is 29.4 Å². The lowest BCUT2D eigenvalue weighted by molar-refractivity contribution is 0.0950. The summed E-state index contributed by atoms with van der Waals surface area (Å²) in [6.45, 7) is 0.0875. The van der Waals surface area contributed by atoms with Gasteiger partial charge < -0.3 is 5.32 Å². The van der Waals surface area contributed by atoms with E-state index in [1.165, 1.54) is 18.2 Å². The van der Waals surface area contributed by atoms with Crippen LogP contribution in [0.4, 0.5) is 8.78 Å². The van der Waals surface area contributed by atoms with Crippen LogP contribution in [0.1, 0.15) is 15.9 Å². The number of rotatable bonds is 4. The summed E-state index contributed by atoms with van der Waals surface area (Å²) >= 11 is 0. The minimum Gasteiger partial charge on any atom is -0.348 e. The zero-order valence-corrected chi connectivity index (χ0v) is 14.1. The van der Waals surface area contributed by atoms with Gasteiger partial charge in [0.15, 0.2) is 11.5 Å². The fourth-order valence-corrected chi connectivity index (χ4v) is 2.75. The second-order valence-electron chi connectivity index (χ2n) is 5.95. The number of carbonyl (C=O) groups excluding carboxylic acids is 1. The Bertz CT molecular complexity index is 1120. The van der Waals surface area contributed by atoms with E-state index in [2.05, 4.69) is 15.5 Å². The van der Waals surface area contributed by atoms with Crippen molar-refractivity contribution in [3.8, 4) is 11.4 Å². The number of pyridine rings is 1. The van der Waals surface area contributed by atoms with Gasteiger partial charge in [-0.2, -0.15) is 0 Å². The fraction of sp³-hybridized carbons (Fsp3) is 0.0500. The predicted octanol–water partition coefficient (Wildman–Crippen LogP) is 3.60. The lowest BCUT2D eigenvalue weighted by atomic mass is 10.2. The molecule has 0 radical (unpaired) electrons. The molecule has 0 fully saturated rings. The molecule has 7 heteroatoms. The Hall–Kier alpha value is -3.61. The third-order valence-corrected chi connectivity index (χ3v) is 4.17. The van der Waals surface area contributed by atoms with E-state index in [0.717, 1.165) is 0 Å². The number of nitrogens with one attached hydrogen (secondary N) is 1. The summed E-state index contributed by atoms with van der Waals surface area (Å²) in [4.78, 5) is 12.4. The number of amides is 1. The number of hydrogen-bond donors (Lipinski definition) is 1. The van der Waals surface area contributed by atoms with Crippen LogP contribution in [0.3, 0.4) is 0 Å². The minimum atomic E-state index is -0.366. The summed E-state index contributed by atoms with van der Waals surface area (Å²) in [6, 6.07) is 15.4. The molecule has 1 N–H and O–H groups in total. The lowest BCUT2D eigenvalue weighted by Crippen LogP contribution is -2.23. The van der Waals surface area contributed by atoms with Gasteiger partial charge in [0.1, 0.15) is 11.6 Å². The summed E-state index contributed by atoms with van der Waals surface area (Å²) in [5.74, 6) is -0.494. The van der Waals surface area contributed by atoms with Crippen molar-refractivity contribution in [1.82, 2.24) is 19.9 Å². The van der Waals surface area contributed by atoms with E-state index in [-0.39, 0.29) is 24.1 Å². The third-order valence-electron chi connectivity index (χ3n) is 4.17. The molecule has 4 aromatic rings. The Morgan fingerprint density at radius 1 is 1.00 bits per heavy atom. The highest BCUT2D eigenvalue weighted by atomic mass is 19.1. The van der Waals surface area contributed by atoms with Gasteiger partial charge in [0.25, 0.3) is 5.91 Å². The molecule has 0 aliphatic heterocycles. The van der Waals surface area contributed by atoms with Crippen molar-refractivity contribution >= 4 is 11.6 Å². The first kappa shape index (κ1) is 16.8. The van der Waals surface area contributed by atoms with E-state index in [1.54, 1.807) is 53.1 Å². The maximum Gasteiger partial charge on any atom is 0.251 e. The predicted molar refractivity (Wildman–Crippen MR) is 96.0 cm³/mol. The number of aromatic nitrogens is 3. The molecule has 0 aliphatic rings. The van der Waals surface area contributed by atoms with Gasteiger partial charge in [0.05, 0.1) is 0 Å². The van der Waals surface area contributed by atoms with Crippen molar-refractivity contribution in [3.05, 3.63) is 89.6 Å². The van der Waals surface area contributed by atoms with Gasteiger partial charge in [-0.05, 0) is 42.5 Å². The van der Waals surface area contributed by atoms with Crippen LogP contribution in [-0.4, -0.2) is 20.5 Å². The number of carbonyl (C=O) groups is 1. The number of nitrogens with zero attached hydrogens (tertiary/aromatic N) is 3. The van der Waals surface area contributed by atoms with Crippen molar-refractivity contribution in [3.63, 3.8) is 0 Å². The van der Waals surface area contributed by atoms with Gasteiger partial charge in [-0.3, -0.25) is 9.20 Å². The van der Waals surface area contributed by atoms with E-state index in [0.29, 0.717) is 28.2 Å².